The van der Waals surface area contributed by atoms with E-state index in [0.717, 1.165) is 16.7 Å². The number of allylic oxidation sites excluding steroid dienone is 2. The number of methoxy groups -OCH3 is 1. The van der Waals surface area contributed by atoms with E-state index in [1.54, 1.807) is 7.11 Å². The fraction of sp³-hybridized carbons (Fsp3) is 0.308. The minimum atomic E-state index is -0.522. The first-order chi connectivity index (χ1) is 14.8. The molecule has 0 aliphatic carbocycles. The van der Waals surface area contributed by atoms with E-state index in [-0.39, 0.29) is 23.4 Å². The van der Waals surface area contributed by atoms with Gasteiger partial charge in [-0.15, -0.1) is 0 Å². The van der Waals surface area contributed by atoms with Crippen LogP contribution in [0.5, 0.6) is 11.5 Å². The highest BCUT2D eigenvalue weighted by Crippen LogP contribution is 2.47. The highest BCUT2D eigenvalue weighted by molar-refractivity contribution is 6.15. The lowest BCUT2D eigenvalue weighted by Gasteiger charge is -2.31. The predicted octanol–water partition coefficient (Wildman–Crippen LogP) is 5.58. The summed E-state index contributed by atoms with van der Waals surface area (Å²) in [7, 11) is 1.59. The maximum atomic E-state index is 13.4. The summed E-state index contributed by atoms with van der Waals surface area (Å²) in [5, 5.41) is 0.614. The lowest BCUT2D eigenvalue weighted by molar-refractivity contribution is 0.0728. The lowest BCUT2D eigenvalue weighted by Crippen LogP contribution is -2.34. The van der Waals surface area contributed by atoms with Crippen molar-refractivity contribution >= 4 is 16.8 Å². The summed E-state index contributed by atoms with van der Waals surface area (Å²) in [6.45, 7) is 7.75. The molecular weight excluding hydrogens is 392 g/mol. The van der Waals surface area contributed by atoms with Gasteiger partial charge in [-0.05, 0) is 32.8 Å². The van der Waals surface area contributed by atoms with Crippen molar-refractivity contribution in [2.75, 3.05) is 7.11 Å². The topological polar surface area (TPSA) is 65.7 Å². The Hall–Kier alpha value is -3.34. The number of hydrogen-bond donors (Lipinski definition) is 0. The van der Waals surface area contributed by atoms with Gasteiger partial charge in [0.2, 0.25) is 0 Å². The number of carbonyl (C=O) groups excluding carboxylic acids is 1. The molecule has 2 atom stereocenters. The summed E-state index contributed by atoms with van der Waals surface area (Å²) in [5.74, 6) is 0.563. The van der Waals surface area contributed by atoms with Gasteiger partial charge in [-0.25, -0.2) is 4.79 Å². The minimum absolute atomic E-state index is 0.0896. The molecule has 0 radical (unpaired) electrons. The van der Waals surface area contributed by atoms with Crippen LogP contribution in [-0.2, 0) is 6.42 Å². The maximum Gasteiger partial charge on any atom is 0.336 e. The molecule has 0 bridgehead atoms. The van der Waals surface area contributed by atoms with E-state index in [1.807, 2.05) is 58.0 Å². The average Bonchev–Trinajstić information content (AvgIpc) is 2.75. The SMILES string of the molecule is COc1c(CC=C(C)C)c2c(c3oc(=O)cc(-c4ccccc4)c13)C(=O)C(C)C(C)O2. The Balaban J connectivity index is 2.20. The number of ketones is 1. The molecule has 5 nitrogen and oxygen atoms in total. The molecule has 0 saturated carbocycles. The Labute approximate surface area is 181 Å². The highest BCUT2D eigenvalue weighted by Gasteiger charge is 2.38. The molecule has 2 heterocycles. The van der Waals surface area contributed by atoms with Gasteiger partial charge in [-0.1, -0.05) is 48.9 Å². The monoisotopic (exact) mass is 418 g/mol. The second kappa shape index (κ2) is 8.06. The summed E-state index contributed by atoms with van der Waals surface area (Å²) < 4.78 is 17.7. The third-order valence-electron chi connectivity index (χ3n) is 5.86. The maximum absolute atomic E-state index is 13.4. The second-order valence-electron chi connectivity index (χ2n) is 8.23. The predicted molar refractivity (Wildman–Crippen MR) is 121 cm³/mol. The van der Waals surface area contributed by atoms with Crippen LogP contribution < -0.4 is 15.1 Å². The average molecular weight is 418 g/mol. The van der Waals surface area contributed by atoms with E-state index < -0.39 is 5.63 Å². The Morgan fingerprint density at radius 2 is 1.84 bits per heavy atom. The van der Waals surface area contributed by atoms with Crippen LogP contribution in [0.1, 0.15) is 43.6 Å². The van der Waals surface area contributed by atoms with Crippen LogP contribution >= 0.6 is 0 Å². The van der Waals surface area contributed by atoms with Gasteiger partial charge in [-0.3, -0.25) is 4.79 Å². The third-order valence-corrected chi connectivity index (χ3v) is 5.86. The molecule has 0 amide bonds. The zero-order chi connectivity index (χ0) is 22.3. The van der Waals surface area contributed by atoms with Gasteiger partial charge in [0.05, 0.1) is 18.4 Å². The molecular formula is C26H26O5. The fourth-order valence-corrected chi connectivity index (χ4v) is 4.05. The van der Waals surface area contributed by atoms with Gasteiger partial charge < -0.3 is 13.9 Å². The molecule has 1 aromatic heterocycles. The number of fused-ring (bicyclic) bond motifs is 3. The molecule has 5 heteroatoms. The summed E-state index contributed by atoms with van der Waals surface area (Å²) >= 11 is 0. The second-order valence-corrected chi connectivity index (χ2v) is 8.23. The standard InChI is InChI=1S/C26H26O5/c1-14(2)11-12-18-24(29-5)21-19(17-9-7-6-8-10-17)13-20(27)31-26(21)22-23(28)15(3)16(4)30-25(18)22/h6-11,13,15-16H,12H2,1-5H3. The fourth-order valence-electron chi connectivity index (χ4n) is 4.05. The van der Waals surface area contributed by atoms with Gasteiger partial charge >= 0.3 is 5.63 Å². The molecule has 4 rings (SSSR count). The summed E-state index contributed by atoms with van der Waals surface area (Å²) in [6, 6.07) is 11.0. The number of Topliss-reactive ketones (excluding diaryl/α,β-unsaturated/α-hetero) is 1. The zero-order valence-corrected chi connectivity index (χ0v) is 18.4. The molecule has 0 spiro atoms. The van der Waals surface area contributed by atoms with Crippen molar-refractivity contribution < 1.29 is 18.7 Å². The van der Waals surface area contributed by atoms with Crippen LogP contribution in [-0.4, -0.2) is 19.0 Å². The largest absolute Gasteiger partial charge is 0.496 e. The summed E-state index contributed by atoms with van der Waals surface area (Å²) in [4.78, 5) is 25.9. The van der Waals surface area contributed by atoms with Crippen molar-refractivity contribution in [2.24, 2.45) is 5.92 Å². The molecule has 31 heavy (non-hydrogen) atoms. The first-order valence-electron chi connectivity index (χ1n) is 10.4. The van der Waals surface area contributed by atoms with Gasteiger partial charge in [0.15, 0.2) is 11.4 Å². The third kappa shape index (κ3) is 3.54. The Morgan fingerprint density at radius 3 is 2.48 bits per heavy atom. The molecule has 3 aromatic rings. The van der Waals surface area contributed by atoms with Crippen molar-refractivity contribution in [3.05, 3.63) is 69.6 Å². The number of ether oxygens (including phenoxy) is 2. The smallest absolute Gasteiger partial charge is 0.336 e. The van der Waals surface area contributed by atoms with Crippen LogP contribution in [0.25, 0.3) is 22.1 Å². The Morgan fingerprint density at radius 1 is 1.13 bits per heavy atom. The quantitative estimate of drug-likeness (QED) is 0.409. The first-order valence-corrected chi connectivity index (χ1v) is 10.4. The van der Waals surface area contributed by atoms with Gasteiger partial charge in [0.25, 0.3) is 0 Å². The van der Waals surface area contributed by atoms with Gasteiger partial charge in [-0.2, -0.15) is 0 Å². The van der Waals surface area contributed by atoms with Gasteiger partial charge in [0, 0.05) is 17.2 Å². The molecule has 0 saturated heterocycles. The zero-order valence-electron chi connectivity index (χ0n) is 18.4. The van der Waals surface area contributed by atoms with Crippen molar-refractivity contribution in [3.8, 4) is 22.6 Å². The van der Waals surface area contributed by atoms with E-state index in [2.05, 4.69) is 6.08 Å². The van der Waals surface area contributed by atoms with Crippen LogP contribution in [0.3, 0.4) is 0 Å². The van der Waals surface area contributed by atoms with Gasteiger partial charge in [0.1, 0.15) is 23.2 Å². The summed E-state index contributed by atoms with van der Waals surface area (Å²) in [6.07, 6.45) is 2.31. The van der Waals surface area contributed by atoms with Crippen molar-refractivity contribution in [1.29, 1.82) is 0 Å². The molecule has 0 N–H and O–H groups in total. The molecule has 1 aliphatic heterocycles. The molecule has 2 unspecified atom stereocenters. The highest BCUT2D eigenvalue weighted by atomic mass is 16.5. The van der Waals surface area contributed by atoms with E-state index >= 15 is 0 Å². The van der Waals surface area contributed by atoms with Crippen molar-refractivity contribution in [3.63, 3.8) is 0 Å². The van der Waals surface area contributed by atoms with Crippen LogP contribution in [0, 0.1) is 5.92 Å². The van der Waals surface area contributed by atoms with E-state index in [1.165, 1.54) is 6.07 Å². The Bertz CT molecular complexity index is 1250. The normalized spacial score (nSPS) is 17.8. The van der Waals surface area contributed by atoms with E-state index in [4.69, 9.17) is 13.9 Å². The first kappa shape index (κ1) is 20.9. The molecule has 160 valence electrons. The summed E-state index contributed by atoms with van der Waals surface area (Å²) in [5.41, 5.74) is 3.47. The van der Waals surface area contributed by atoms with E-state index in [9.17, 15) is 9.59 Å². The van der Waals surface area contributed by atoms with Crippen molar-refractivity contribution in [2.45, 2.75) is 40.2 Å². The van der Waals surface area contributed by atoms with Crippen LogP contribution in [0.2, 0.25) is 0 Å². The van der Waals surface area contributed by atoms with Crippen LogP contribution in [0.4, 0.5) is 0 Å². The number of benzene rings is 2. The lowest BCUT2D eigenvalue weighted by atomic mass is 9.86. The number of hydrogen-bond acceptors (Lipinski definition) is 5. The molecule has 2 aromatic carbocycles. The number of rotatable bonds is 4. The molecule has 1 aliphatic rings. The Kier molecular flexibility index (Phi) is 5.44. The molecule has 0 fully saturated rings. The van der Waals surface area contributed by atoms with Crippen molar-refractivity contribution in [1.82, 2.24) is 0 Å². The van der Waals surface area contributed by atoms with E-state index in [0.29, 0.717) is 34.4 Å². The number of carbonyl (C=O) groups is 1. The van der Waals surface area contributed by atoms with Crippen LogP contribution in [0.15, 0.2) is 57.3 Å². The minimum Gasteiger partial charge on any atom is -0.496 e.